The van der Waals surface area contributed by atoms with Crippen LogP contribution >= 0.6 is 0 Å². The highest BCUT2D eigenvalue weighted by Gasteiger charge is 2.16. The van der Waals surface area contributed by atoms with Crippen LogP contribution in [0.3, 0.4) is 0 Å². The molecule has 1 heterocycles. The molecule has 0 aromatic heterocycles. The third-order valence-electron chi connectivity index (χ3n) is 3.27. The second-order valence-corrected chi connectivity index (χ2v) is 4.45. The van der Waals surface area contributed by atoms with Crippen LogP contribution in [0, 0.1) is 23.7 Å². The molecule has 1 aromatic rings. The van der Waals surface area contributed by atoms with Crippen molar-refractivity contribution in [2.45, 2.75) is 6.42 Å². The summed E-state index contributed by atoms with van der Waals surface area (Å²) in [6, 6.07) is 10.1. The Morgan fingerprint density at radius 1 is 1.17 bits per heavy atom. The topological polar surface area (TPSA) is 30.3 Å². The van der Waals surface area contributed by atoms with E-state index in [1.807, 2.05) is 24.3 Å². The third-order valence-corrected chi connectivity index (χ3v) is 3.27. The van der Waals surface area contributed by atoms with Gasteiger partial charge in [0, 0.05) is 26.2 Å². The number of benzene rings is 1. The van der Waals surface area contributed by atoms with E-state index in [1.165, 1.54) is 0 Å². The number of nitrogens with zero attached hydrogens (tertiary/aromatic N) is 3. The van der Waals surface area contributed by atoms with Gasteiger partial charge in [-0.25, -0.2) is 0 Å². The zero-order valence-corrected chi connectivity index (χ0v) is 10.5. The van der Waals surface area contributed by atoms with Gasteiger partial charge in [0.2, 0.25) is 0 Å². The normalized spacial score (nSPS) is 16.7. The first-order chi connectivity index (χ1) is 8.85. The van der Waals surface area contributed by atoms with Crippen molar-refractivity contribution in [3.05, 3.63) is 29.8 Å². The number of rotatable bonds is 2. The molecular weight excluding hydrogens is 222 g/mol. The van der Waals surface area contributed by atoms with Crippen molar-refractivity contribution in [1.82, 2.24) is 4.90 Å². The second kappa shape index (κ2) is 6.10. The van der Waals surface area contributed by atoms with E-state index in [4.69, 9.17) is 11.7 Å². The maximum Gasteiger partial charge on any atom is 0.101 e. The number of terminal acetylenes is 1. The minimum Gasteiger partial charge on any atom is -0.369 e. The van der Waals surface area contributed by atoms with Gasteiger partial charge in [0.25, 0.3) is 0 Å². The molecule has 1 aromatic carbocycles. The maximum atomic E-state index is 9.14. The summed E-state index contributed by atoms with van der Waals surface area (Å²) in [6.07, 6.45) is 6.44. The lowest BCUT2D eigenvalue weighted by Gasteiger charge is -2.24. The van der Waals surface area contributed by atoms with Crippen molar-refractivity contribution in [3.8, 4) is 18.4 Å². The lowest BCUT2D eigenvalue weighted by molar-refractivity contribution is 0.330. The molecule has 0 atom stereocenters. The first-order valence-electron chi connectivity index (χ1n) is 6.25. The molecule has 0 bridgehead atoms. The Hall–Kier alpha value is -1.97. The van der Waals surface area contributed by atoms with Crippen LogP contribution in [0.25, 0.3) is 0 Å². The quantitative estimate of drug-likeness (QED) is 0.736. The van der Waals surface area contributed by atoms with E-state index >= 15 is 0 Å². The minimum absolute atomic E-state index is 0.716. The number of nitriles is 1. The highest BCUT2D eigenvalue weighted by Crippen LogP contribution is 2.20. The Morgan fingerprint density at radius 3 is 2.78 bits per heavy atom. The van der Waals surface area contributed by atoms with E-state index in [0.717, 1.165) is 43.9 Å². The molecule has 3 heteroatoms. The molecule has 1 aliphatic heterocycles. The summed E-state index contributed by atoms with van der Waals surface area (Å²) in [5.41, 5.74) is 1.80. The van der Waals surface area contributed by atoms with Crippen molar-refractivity contribution in [2.24, 2.45) is 0 Å². The number of para-hydroxylation sites is 1. The van der Waals surface area contributed by atoms with Crippen LogP contribution in [0.1, 0.15) is 12.0 Å². The zero-order valence-electron chi connectivity index (χ0n) is 10.5. The van der Waals surface area contributed by atoms with Gasteiger partial charge >= 0.3 is 0 Å². The molecule has 0 amide bonds. The van der Waals surface area contributed by atoms with Gasteiger partial charge in [-0.15, -0.1) is 6.42 Å². The molecular formula is C15H17N3. The van der Waals surface area contributed by atoms with Crippen LogP contribution in [-0.2, 0) is 0 Å². The first-order valence-corrected chi connectivity index (χ1v) is 6.25. The summed E-state index contributed by atoms with van der Waals surface area (Å²) >= 11 is 0. The Labute approximate surface area is 109 Å². The molecule has 1 fully saturated rings. The van der Waals surface area contributed by atoms with E-state index in [0.29, 0.717) is 6.54 Å². The predicted octanol–water partition coefficient (Wildman–Crippen LogP) is 1.70. The molecule has 0 N–H and O–H groups in total. The Bertz CT molecular complexity index is 481. The fourth-order valence-electron chi connectivity index (χ4n) is 2.34. The smallest absolute Gasteiger partial charge is 0.101 e. The van der Waals surface area contributed by atoms with Gasteiger partial charge in [-0.1, -0.05) is 18.1 Å². The molecule has 0 unspecified atom stereocenters. The van der Waals surface area contributed by atoms with Crippen LogP contribution in [-0.4, -0.2) is 37.6 Å². The second-order valence-electron chi connectivity index (χ2n) is 4.45. The van der Waals surface area contributed by atoms with Gasteiger partial charge in [-0.05, 0) is 18.6 Å². The Balaban J connectivity index is 2.11. The average molecular weight is 239 g/mol. The SMILES string of the molecule is C#CCN1CCCN(c2ccccc2C#N)CC1. The average Bonchev–Trinajstić information content (AvgIpc) is 2.65. The van der Waals surface area contributed by atoms with Gasteiger partial charge < -0.3 is 4.90 Å². The summed E-state index contributed by atoms with van der Waals surface area (Å²) in [5, 5.41) is 9.14. The van der Waals surface area contributed by atoms with Crippen LogP contribution < -0.4 is 4.90 Å². The molecule has 2 rings (SSSR count). The van der Waals surface area contributed by atoms with Crippen LogP contribution in [0.15, 0.2) is 24.3 Å². The Kier molecular flexibility index (Phi) is 4.23. The number of hydrogen-bond acceptors (Lipinski definition) is 3. The van der Waals surface area contributed by atoms with Gasteiger partial charge in [-0.2, -0.15) is 5.26 Å². The predicted molar refractivity (Wildman–Crippen MR) is 73.3 cm³/mol. The molecule has 92 valence electrons. The van der Waals surface area contributed by atoms with E-state index < -0.39 is 0 Å². The van der Waals surface area contributed by atoms with E-state index in [9.17, 15) is 0 Å². The van der Waals surface area contributed by atoms with Crippen molar-refractivity contribution in [1.29, 1.82) is 5.26 Å². The Morgan fingerprint density at radius 2 is 2.00 bits per heavy atom. The van der Waals surface area contributed by atoms with Crippen molar-refractivity contribution in [2.75, 3.05) is 37.6 Å². The molecule has 1 aliphatic rings. The van der Waals surface area contributed by atoms with Gasteiger partial charge in [0.15, 0.2) is 0 Å². The largest absolute Gasteiger partial charge is 0.369 e. The standard InChI is InChI=1S/C15H17N3/c1-2-8-17-9-5-10-18(12-11-17)15-7-4-3-6-14(15)13-16/h1,3-4,6-7H,5,8-12H2. The zero-order chi connectivity index (χ0) is 12.8. The van der Waals surface area contributed by atoms with Gasteiger partial charge in [-0.3, -0.25) is 4.90 Å². The molecule has 3 nitrogen and oxygen atoms in total. The van der Waals surface area contributed by atoms with Crippen molar-refractivity contribution in [3.63, 3.8) is 0 Å². The first kappa shape index (κ1) is 12.5. The van der Waals surface area contributed by atoms with Crippen LogP contribution in [0.5, 0.6) is 0 Å². The van der Waals surface area contributed by atoms with E-state index in [-0.39, 0.29) is 0 Å². The monoisotopic (exact) mass is 239 g/mol. The molecule has 1 saturated heterocycles. The van der Waals surface area contributed by atoms with E-state index in [1.54, 1.807) is 0 Å². The third kappa shape index (κ3) is 2.83. The minimum atomic E-state index is 0.716. The molecule has 18 heavy (non-hydrogen) atoms. The fraction of sp³-hybridized carbons (Fsp3) is 0.400. The lowest BCUT2D eigenvalue weighted by atomic mass is 10.1. The van der Waals surface area contributed by atoms with Crippen LogP contribution in [0.2, 0.25) is 0 Å². The van der Waals surface area contributed by atoms with Crippen LogP contribution in [0.4, 0.5) is 5.69 Å². The molecule has 0 spiro atoms. The lowest BCUT2D eigenvalue weighted by Crippen LogP contribution is -2.31. The van der Waals surface area contributed by atoms with Gasteiger partial charge in [0.1, 0.15) is 6.07 Å². The highest BCUT2D eigenvalue weighted by molar-refractivity contribution is 5.59. The van der Waals surface area contributed by atoms with Crippen molar-refractivity contribution >= 4 is 5.69 Å². The maximum absolute atomic E-state index is 9.14. The summed E-state index contributed by atoms with van der Waals surface area (Å²) in [5.74, 6) is 2.70. The highest BCUT2D eigenvalue weighted by atomic mass is 15.2. The summed E-state index contributed by atoms with van der Waals surface area (Å²) < 4.78 is 0. The number of hydrogen-bond donors (Lipinski definition) is 0. The molecule has 0 radical (unpaired) electrons. The van der Waals surface area contributed by atoms with Crippen molar-refractivity contribution < 1.29 is 0 Å². The van der Waals surface area contributed by atoms with Gasteiger partial charge in [0.05, 0.1) is 17.8 Å². The summed E-state index contributed by atoms with van der Waals surface area (Å²) in [6.45, 7) is 4.63. The van der Waals surface area contributed by atoms with E-state index in [2.05, 4.69) is 21.8 Å². The summed E-state index contributed by atoms with van der Waals surface area (Å²) in [7, 11) is 0. The number of anilines is 1. The molecule has 0 aliphatic carbocycles. The fourth-order valence-corrected chi connectivity index (χ4v) is 2.34. The molecule has 0 saturated carbocycles. The summed E-state index contributed by atoms with van der Waals surface area (Å²) in [4.78, 5) is 4.57.